The fraction of sp³-hybridized carbons (Fsp3) is 0.0909. The highest BCUT2D eigenvalue weighted by Crippen LogP contribution is 2.29. The van der Waals surface area contributed by atoms with E-state index in [1.807, 2.05) is 0 Å². The molecule has 1 aromatic carbocycles. The maximum atomic E-state index is 11.3. The summed E-state index contributed by atoms with van der Waals surface area (Å²) in [4.78, 5) is 17.9. The van der Waals surface area contributed by atoms with Crippen molar-refractivity contribution in [2.75, 3.05) is 0 Å². The average molecular weight is 237 g/mol. The summed E-state index contributed by atoms with van der Waals surface area (Å²) in [5, 5.41) is 10.1. The summed E-state index contributed by atoms with van der Waals surface area (Å²) >= 11 is 5.82. The number of nitrogens with zero attached hydrogens (tertiary/aromatic N) is 1. The standard InChI is InChI=1S/C11H9ClN2O2/c1-6-13-9(5-11(16)14-6)8-4-7(12)2-3-10(8)15/h2-5,15H,1H3,(H,13,14,16). The molecule has 2 N–H and O–H groups in total. The normalized spacial score (nSPS) is 10.4. The van der Waals surface area contributed by atoms with Gasteiger partial charge in [-0.2, -0.15) is 0 Å². The second-order valence-corrected chi connectivity index (χ2v) is 3.81. The lowest BCUT2D eigenvalue weighted by Crippen LogP contribution is -2.08. The first-order chi connectivity index (χ1) is 7.56. The fourth-order valence-electron chi connectivity index (χ4n) is 1.43. The van der Waals surface area contributed by atoms with E-state index in [-0.39, 0.29) is 11.3 Å². The zero-order valence-corrected chi connectivity index (χ0v) is 9.25. The Morgan fingerprint density at radius 2 is 2.12 bits per heavy atom. The van der Waals surface area contributed by atoms with Crippen LogP contribution >= 0.6 is 11.6 Å². The van der Waals surface area contributed by atoms with Gasteiger partial charge < -0.3 is 10.1 Å². The minimum absolute atomic E-state index is 0.0434. The van der Waals surface area contributed by atoms with Gasteiger partial charge >= 0.3 is 0 Å². The first-order valence-corrected chi connectivity index (χ1v) is 5.01. The fourth-order valence-corrected chi connectivity index (χ4v) is 1.60. The van der Waals surface area contributed by atoms with Crippen LogP contribution in [0.25, 0.3) is 11.3 Å². The van der Waals surface area contributed by atoms with Crippen molar-refractivity contribution in [2.45, 2.75) is 6.92 Å². The van der Waals surface area contributed by atoms with Crippen LogP contribution in [-0.4, -0.2) is 15.1 Å². The molecule has 0 aliphatic rings. The molecule has 82 valence electrons. The third-order valence-corrected chi connectivity index (χ3v) is 2.33. The van der Waals surface area contributed by atoms with Crippen molar-refractivity contribution in [1.29, 1.82) is 0 Å². The number of rotatable bonds is 1. The number of H-pyrrole nitrogens is 1. The number of phenolic OH excluding ortho intramolecular Hbond substituents is 1. The van der Waals surface area contributed by atoms with E-state index in [2.05, 4.69) is 9.97 Å². The Balaban J connectivity index is 2.66. The SMILES string of the molecule is Cc1nc(-c2cc(Cl)ccc2O)cc(=O)[nH]1. The zero-order chi connectivity index (χ0) is 11.7. The first kappa shape index (κ1) is 10.7. The molecule has 1 aromatic heterocycles. The number of benzene rings is 1. The Hall–Kier alpha value is -1.81. The summed E-state index contributed by atoms with van der Waals surface area (Å²) in [7, 11) is 0. The lowest BCUT2D eigenvalue weighted by molar-refractivity contribution is 0.477. The number of aromatic amines is 1. The molecule has 0 saturated heterocycles. The van der Waals surface area contributed by atoms with Crippen LogP contribution < -0.4 is 5.56 Å². The molecule has 0 aliphatic carbocycles. The number of halogens is 1. The lowest BCUT2D eigenvalue weighted by Gasteiger charge is -2.04. The molecular formula is C11H9ClN2O2. The van der Waals surface area contributed by atoms with E-state index in [4.69, 9.17) is 11.6 Å². The van der Waals surface area contributed by atoms with Gasteiger partial charge in [0.05, 0.1) is 5.69 Å². The van der Waals surface area contributed by atoms with E-state index < -0.39 is 0 Å². The molecule has 0 bridgehead atoms. The molecular weight excluding hydrogens is 228 g/mol. The predicted octanol–water partition coefficient (Wildman–Crippen LogP) is 2.10. The number of hydrogen-bond donors (Lipinski definition) is 2. The highest BCUT2D eigenvalue weighted by atomic mass is 35.5. The molecule has 0 radical (unpaired) electrons. The molecule has 0 spiro atoms. The smallest absolute Gasteiger partial charge is 0.251 e. The van der Waals surface area contributed by atoms with Crippen LogP contribution in [0.4, 0.5) is 0 Å². The molecule has 0 saturated carbocycles. The number of nitrogens with one attached hydrogen (secondary N) is 1. The predicted molar refractivity (Wildman–Crippen MR) is 61.7 cm³/mol. The average Bonchev–Trinajstić information content (AvgIpc) is 2.20. The van der Waals surface area contributed by atoms with E-state index in [9.17, 15) is 9.90 Å². The van der Waals surface area contributed by atoms with Crippen LogP contribution in [0, 0.1) is 6.92 Å². The molecule has 4 nitrogen and oxygen atoms in total. The molecule has 0 atom stereocenters. The van der Waals surface area contributed by atoms with Crippen LogP contribution in [0.5, 0.6) is 5.75 Å². The minimum Gasteiger partial charge on any atom is -0.507 e. The van der Waals surface area contributed by atoms with Gasteiger partial charge in [0.1, 0.15) is 11.6 Å². The second-order valence-electron chi connectivity index (χ2n) is 3.38. The Morgan fingerprint density at radius 1 is 1.38 bits per heavy atom. The molecule has 1 heterocycles. The minimum atomic E-state index is -0.262. The van der Waals surface area contributed by atoms with Gasteiger partial charge in [-0.05, 0) is 25.1 Å². The highest BCUT2D eigenvalue weighted by Gasteiger charge is 2.07. The van der Waals surface area contributed by atoms with Crippen LogP contribution in [0.15, 0.2) is 29.1 Å². The number of aromatic hydroxyl groups is 1. The largest absolute Gasteiger partial charge is 0.507 e. The maximum Gasteiger partial charge on any atom is 0.251 e. The van der Waals surface area contributed by atoms with Gasteiger partial charge in [-0.3, -0.25) is 4.79 Å². The molecule has 0 aliphatic heterocycles. The van der Waals surface area contributed by atoms with E-state index in [1.165, 1.54) is 12.1 Å². The van der Waals surface area contributed by atoms with Gasteiger partial charge in [-0.25, -0.2) is 4.98 Å². The molecule has 0 fully saturated rings. The topological polar surface area (TPSA) is 66.0 Å². The number of aromatic nitrogens is 2. The Kier molecular flexibility index (Phi) is 2.66. The first-order valence-electron chi connectivity index (χ1n) is 4.63. The van der Waals surface area contributed by atoms with Crippen LogP contribution in [0.1, 0.15) is 5.82 Å². The number of aryl methyl sites for hydroxylation is 1. The molecule has 2 rings (SSSR count). The second kappa shape index (κ2) is 3.98. The summed E-state index contributed by atoms with van der Waals surface area (Å²) in [5.41, 5.74) is 0.588. The molecule has 2 aromatic rings. The van der Waals surface area contributed by atoms with E-state index in [1.54, 1.807) is 19.1 Å². The van der Waals surface area contributed by atoms with Crippen LogP contribution in [0.3, 0.4) is 0 Å². The van der Waals surface area contributed by atoms with Crippen molar-refractivity contribution in [3.8, 4) is 17.0 Å². The van der Waals surface area contributed by atoms with Gasteiger partial charge in [0.2, 0.25) is 0 Å². The quantitative estimate of drug-likeness (QED) is 0.797. The summed E-state index contributed by atoms with van der Waals surface area (Å²) in [6.07, 6.45) is 0. The van der Waals surface area contributed by atoms with Crippen molar-refractivity contribution in [3.05, 3.63) is 45.5 Å². The highest BCUT2D eigenvalue weighted by molar-refractivity contribution is 6.30. The Labute approximate surface area is 96.6 Å². The van der Waals surface area contributed by atoms with E-state index in [0.717, 1.165) is 0 Å². The van der Waals surface area contributed by atoms with Gasteiger partial charge in [-0.1, -0.05) is 11.6 Å². The third kappa shape index (κ3) is 2.06. The zero-order valence-electron chi connectivity index (χ0n) is 8.49. The summed E-state index contributed by atoms with van der Waals surface area (Å²) in [5.74, 6) is 0.531. The van der Waals surface area contributed by atoms with Gasteiger partial charge in [-0.15, -0.1) is 0 Å². The molecule has 0 amide bonds. The van der Waals surface area contributed by atoms with Gasteiger partial charge in [0.15, 0.2) is 0 Å². The van der Waals surface area contributed by atoms with Crippen molar-refractivity contribution in [2.24, 2.45) is 0 Å². The van der Waals surface area contributed by atoms with Gasteiger partial charge in [0, 0.05) is 16.7 Å². The molecule has 0 unspecified atom stereocenters. The van der Waals surface area contributed by atoms with E-state index in [0.29, 0.717) is 22.1 Å². The lowest BCUT2D eigenvalue weighted by atomic mass is 10.1. The van der Waals surface area contributed by atoms with Crippen molar-refractivity contribution in [1.82, 2.24) is 9.97 Å². The van der Waals surface area contributed by atoms with Crippen molar-refractivity contribution >= 4 is 11.6 Å². The number of hydrogen-bond acceptors (Lipinski definition) is 3. The Morgan fingerprint density at radius 3 is 2.81 bits per heavy atom. The van der Waals surface area contributed by atoms with Crippen molar-refractivity contribution in [3.63, 3.8) is 0 Å². The monoisotopic (exact) mass is 236 g/mol. The van der Waals surface area contributed by atoms with Crippen LogP contribution in [-0.2, 0) is 0 Å². The van der Waals surface area contributed by atoms with E-state index >= 15 is 0 Å². The van der Waals surface area contributed by atoms with Crippen molar-refractivity contribution < 1.29 is 5.11 Å². The van der Waals surface area contributed by atoms with Gasteiger partial charge in [0.25, 0.3) is 5.56 Å². The molecule has 5 heteroatoms. The molecule has 16 heavy (non-hydrogen) atoms. The van der Waals surface area contributed by atoms with Crippen LogP contribution in [0.2, 0.25) is 5.02 Å². The third-order valence-electron chi connectivity index (χ3n) is 2.09. The summed E-state index contributed by atoms with van der Waals surface area (Å²) in [6.45, 7) is 1.67. The maximum absolute atomic E-state index is 11.3. The summed E-state index contributed by atoms with van der Waals surface area (Å²) in [6, 6.07) is 5.92. The number of phenols is 1. The summed E-state index contributed by atoms with van der Waals surface area (Å²) < 4.78 is 0. The Bertz CT molecular complexity index is 593.